The van der Waals surface area contributed by atoms with Crippen LogP contribution >= 0.6 is 0 Å². The molecule has 0 aromatic heterocycles. The van der Waals surface area contributed by atoms with Gasteiger partial charge in [-0.15, -0.1) is 0 Å². The number of morpholine rings is 1. The third-order valence-corrected chi connectivity index (χ3v) is 3.47. The Morgan fingerprint density at radius 2 is 2.17 bits per heavy atom. The quantitative estimate of drug-likeness (QED) is 0.845. The van der Waals surface area contributed by atoms with Crippen LogP contribution in [0.2, 0.25) is 0 Å². The first-order chi connectivity index (χ1) is 8.74. The second kappa shape index (κ2) is 6.18. The molecule has 4 heteroatoms. The first-order valence-corrected chi connectivity index (χ1v) is 6.57. The molecule has 2 rings (SSSR count). The summed E-state index contributed by atoms with van der Waals surface area (Å²) in [5, 5.41) is 9.14. The molecule has 0 amide bonds. The van der Waals surface area contributed by atoms with Gasteiger partial charge in [-0.1, -0.05) is 19.1 Å². The Bertz CT molecular complexity index is 367. The molecule has 1 aliphatic rings. The van der Waals surface area contributed by atoms with Gasteiger partial charge in [-0.2, -0.15) is 0 Å². The fourth-order valence-electron chi connectivity index (χ4n) is 2.23. The van der Waals surface area contributed by atoms with Gasteiger partial charge in [0.25, 0.3) is 0 Å². The molecular formula is C14H22N2O2. The monoisotopic (exact) mass is 250 g/mol. The topological polar surface area (TPSA) is 58.7 Å². The zero-order valence-electron chi connectivity index (χ0n) is 10.9. The minimum Gasteiger partial charge on any atom is -0.394 e. The van der Waals surface area contributed by atoms with Crippen LogP contribution in [-0.4, -0.2) is 37.5 Å². The molecule has 0 radical (unpaired) electrons. The van der Waals surface area contributed by atoms with Crippen molar-refractivity contribution in [1.82, 2.24) is 0 Å². The highest BCUT2D eigenvalue weighted by molar-refractivity contribution is 5.48. The van der Waals surface area contributed by atoms with Gasteiger partial charge in [-0.05, 0) is 24.1 Å². The fourth-order valence-corrected chi connectivity index (χ4v) is 2.23. The van der Waals surface area contributed by atoms with Gasteiger partial charge >= 0.3 is 0 Å². The summed E-state index contributed by atoms with van der Waals surface area (Å²) >= 11 is 0. The van der Waals surface area contributed by atoms with E-state index in [1.165, 1.54) is 11.3 Å². The molecule has 0 aliphatic carbocycles. The summed E-state index contributed by atoms with van der Waals surface area (Å²) < 4.78 is 5.45. The fraction of sp³-hybridized carbons (Fsp3) is 0.571. The van der Waals surface area contributed by atoms with Crippen molar-refractivity contribution < 1.29 is 9.84 Å². The Hall–Kier alpha value is -1.10. The summed E-state index contributed by atoms with van der Waals surface area (Å²) in [5.41, 5.74) is 8.34. The minimum atomic E-state index is -0.0728. The molecular weight excluding hydrogens is 228 g/mol. The zero-order valence-corrected chi connectivity index (χ0v) is 10.9. The third kappa shape index (κ3) is 3.02. The Labute approximate surface area is 108 Å². The number of ether oxygens (including phenoxy) is 1. The average molecular weight is 250 g/mol. The summed E-state index contributed by atoms with van der Waals surface area (Å²) in [5.74, 6) is 0. The van der Waals surface area contributed by atoms with E-state index in [0.717, 1.165) is 19.5 Å². The molecule has 100 valence electrons. The van der Waals surface area contributed by atoms with Crippen LogP contribution in [0.1, 0.15) is 24.9 Å². The average Bonchev–Trinajstić information content (AvgIpc) is 2.46. The van der Waals surface area contributed by atoms with Crippen LogP contribution in [0.25, 0.3) is 0 Å². The van der Waals surface area contributed by atoms with Crippen molar-refractivity contribution in [2.24, 2.45) is 5.73 Å². The predicted molar refractivity (Wildman–Crippen MR) is 72.7 cm³/mol. The maximum absolute atomic E-state index is 9.14. The first-order valence-electron chi connectivity index (χ1n) is 6.57. The van der Waals surface area contributed by atoms with E-state index in [0.29, 0.717) is 6.61 Å². The molecule has 1 unspecified atom stereocenters. The number of nitrogens with two attached hydrogens (primary N) is 1. The molecule has 1 aromatic rings. The molecule has 3 N–H and O–H groups in total. The van der Waals surface area contributed by atoms with Gasteiger partial charge in [0.2, 0.25) is 0 Å². The van der Waals surface area contributed by atoms with Crippen molar-refractivity contribution >= 4 is 5.69 Å². The first kappa shape index (κ1) is 13.3. The molecule has 1 saturated heterocycles. The number of anilines is 1. The van der Waals surface area contributed by atoms with Gasteiger partial charge < -0.3 is 20.5 Å². The highest BCUT2D eigenvalue weighted by atomic mass is 16.5. The molecule has 18 heavy (non-hydrogen) atoms. The number of aliphatic hydroxyl groups excluding tert-OH is 1. The Balaban J connectivity index is 2.04. The van der Waals surface area contributed by atoms with E-state index in [2.05, 4.69) is 36.1 Å². The van der Waals surface area contributed by atoms with Crippen molar-refractivity contribution in [2.75, 3.05) is 31.2 Å². The summed E-state index contributed by atoms with van der Waals surface area (Å²) in [6, 6.07) is 8.50. The summed E-state index contributed by atoms with van der Waals surface area (Å²) in [7, 11) is 0. The van der Waals surface area contributed by atoms with Crippen molar-refractivity contribution in [3.63, 3.8) is 0 Å². The van der Waals surface area contributed by atoms with Gasteiger partial charge in [0, 0.05) is 24.8 Å². The zero-order chi connectivity index (χ0) is 13.0. The van der Waals surface area contributed by atoms with Crippen molar-refractivity contribution in [3.05, 3.63) is 29.8 Å². The van der Waals surface area contributed by atoms with Crippen LogP contribution < -0.4 is 10.6 Å². The van der Waals surface area contributed by atoms with Gasteiger partial charge in [0.05, 0.1) is 19.3 Å². The van der Waals surface area contributed by atoms with E-state index in [-0.39, 0.29) is 18.8 Å². The van der Waals surface area contributed by atoms with Crippen LogP contribution in [0.4, 0.5) is 5.69 Å². The van der Waals surface area contributed by atoms with Crippen LogP contribution in [0, 0.1) is 0 Å². The summed E-state index contributed by atoms with van der Waals surface area (Å²) in [6.45, 7) is 4.45. The lowest BCUT2D eigenvalue weighted by atomic mass is 10.0. The van der Waals surface area contributed by atoms with Crippen molar-refractivity contribution in [3.8, 4) is 0 Å². The van der Waals surface area contributed by atoms with Crippen molar-refractivity contribution in [1.29, 1.82) is 0 Å². The largest absolute Gasteiger partial charge is 0.394 e. The highest BCUT2D eigenvalue weighted by Crippen LogP contribution is 2.21. The minimum absolute atomic E-state index is 0.0728. The summed E-state index contributed by atoms with van der Waals surface area (Å²) in [4.78, 5) is 2.24. The van der Waals surface area contributed by atoms with E-state index in [9.17, 15) is 0 Å². The van der Waals surface area contributed by atoms with E-state index < -0.39 is 0 Å². The van der Waals surface area contributed by atoms with Gasteiger partial charge in [-0.3, -0.25) is 0 Å². The number of aliphatic hydroxyl groups is 1. The lowest BCUT2D eigenvalue weighted by Gasteiger charge is -2.33. The molecule has 1 aromatic carbocycles. The Morgan fingerprint density at radius 1 is 1.44 bits per heavy atom. The lowest BCUT2D eigenvalue weighted by Crippen LogP contribution is -2.44. The number of hydrogen-bond donors (Lipinski definition) is 2. The number of hydrogen-bond acceptors (Lipinski definition) is 4. The van der Waals surface area contributed by atoms with E-state index in [1.807, 2.05) is 0 Å². The third-order valence-electron chi connectivity index (χ3n) is 3.47. The maximum atomic E-state index is 9.14. The SMILES string of the molecule is CC[C@H](N)c1ccc(N2CCOC(CO)C2)cc1. The molecule has 0 spiro atoms. The Morgan fingerprint density at radius 3 is 2.78 bits per heavy atom. The van der Waals surface area contributed by atoms with E-state index in [1.54, 1.807) is 0 Å². The predicted octanol–water partition coefficient (Wildman–Crippen LogP) is 1.29. The van der Waals surface area contributed by atoms with Crippen LogP contribution in [0.15, 0.2) is 24.3 Å². The number of benzene rings is 1. The van der Waals surface area contributed by atoms with Crippen LogP contribution in [-0.2, 0) is 4.74 Å². The molecule has 1 fully saturated rings. The van der Waals surface area contributed by atoms with E-state index in [4.69, 9.17) is 15.6 Å². The summed E-state index contributed by atoms with van der Waals surface area (Å²) in [6.07, 6.45) is 0.875. The molecule has 1 heterocycles. The number of nitrogens with zero attached hydrogens (tertiary/aromatic N) is 1. The maximum Gasteiger partial charge on any atom is 0.0980 e. The smallest absolute Gasteiger partial charge is 0.0980 e. The molecule has 0 saturated carbocycles. The van der Waals surface area contributed by atoms with Gasteiger partial charge in [0.15, 0.2) is 0 Å². The van der Waals surface area contributed by atoms with Crippen LogP contribution in [0.3, 0.4) is 0 Å². The molecule has 1 aliphatic heterocycles. The standard InChI is InChI=1S/C14H22N2O2/c1-2-14(15)11-3-5-12(6-4-11)16-7-8-18-13(9-16)10-17/h3-6,13-14,17H,2,7-10,15H2,1H3/t13?,14-/m0/s1. The van der Waals surface area contributed by atoms with Crippen molar-refractivity contribution in [2.45, 2.75) is 25.5 Å². The molecule has 4 nitrogen and oxygen atoms in total. The van der Waals surface area contributed by atoms with E-state index >= 15 is 0 Å². The van der Waals surface area contributed by atoms with Crippen LogP contribution in [0.5, 0.6) is 0 Å². The highest BCUT2D eigenvalue weighted by Gasteiger charge is 2.19. The normalized spacial score (nSPS) is 21.9. The lowest BCUT2D eigenvalue weighted by molar-refractivity contribution is 0.00357. The molecule has 2 atom stereocenters. The second-order valence-electron chi connectivity index (χ2n) is 4.73. The molecule has 0 bridgehead atoms. The Kier molecular flexibility index (Phi) is 4.58. The second-order valence-corrected chi connectivity index (χ2v) is 4.73. The number of rotatable bonds is 4. The van der Waals surface area contributed by atoms with Gasteiger partial charge in [0.1, 0.15) is 0 Å². The van der Waals surface area contributed by atoms with Gasteiger partial charge in [-0.25, -0.2) is 0 Å².